The number of carbonyl (C=O) groups excluding carboxylic acids is 1. The number of alkyl halides is 5. The Kier molecular flexibility index (Phi) is 5.28. The summed E-state index contributed by atoms with van der Waals surface area (Å²) in [6.07, 6.45) is -4.47. The van der Waals surface area contributed by atoms with Crippen molar-refractivity contribution >= 4 is 37.8 Å². The normalized spacial score (nSPS) is 16.5. The lowest BCUT2D eigenvalue weighted by Crippen LogP contribution is -2.37. The van der Waals surface area contributed by atoms with Gasteiger partial charge in [0.2, 0.25) is 0 Å². The molecule has 0 aliphatic rings. The SMILES string of the molecule is CCOC(=O)[C@H](Br)[C@H](Br)C(F)(F)F. The third kappa shape index (κ3) is 4.30. The van der Waals surface area contributed by atoms with Gasteiger partial charge in [-0.25, -0.2) is 0 Å². The van der Waals surface area contributed by atoms with Crippen LogP contribution in [0.15, 0.2) is 0 Å². The van der Waals surface area contributed by atoms with E-state index in [0.717, 1.165) is 0 Å². The van der Waals surface area contributed by atoms with Crippen LogP contribution in [0.5, 0.6) is 0 Å². The van der Waals surface area contributed by atoms with Crippen LogP contribution in [0.3, 0.4) is 0 Å². The van der Waals surface area contributed by atoms with Gasteiger partial charge in [0.05, 0.1) is 6.61 Å². The number of rotatable bonds is 3. The molecule has 0 radical (unpaired) electrons. The number of hydrogen-bond donors (Lipinski definition) is 0. The summed E-state index contributed by atoms with van der Waals surface area (Å²) < 4.78 is 40.5. The Hall–Kier alpha value is 0.220. The van der Waals surface area contributed by atoms with E-state index in [1.165, 1.54) is 6.92 Å². The lowest BCUT2D eigenvalue weighted by molar-refractivity contribution is -0.152. The minimum absolute atomic E-state index is 0.0541. The quantitative estimate of drug-likeness (QED) is 0.588. The van der Waals surface area contributed by atoms with E-state index in [0.29, 0.717) is 0 Å². The van der Waals surface area contributed by atoms with Crippen molar-refractivity contribution in [1.29, 1.82) is 0 Å². The first-order valence-corrected chi connectivity index (χ1v) is 5.15. The molecule has 0 spiro atoms. The second-order valence-electron chi connectivity index (χ2n) is 2.10. The molecule has 0 N–H and O–H groups in total. The summed E-state index contributed by atoms with van der Waals surface area (Å²) in [6, 6.07) is 0. The number of ether oxygens (including phenoxy) is 1. The molecular formula is C6H7Br2F3O2. The van der Waals surface area contributed by atoms with Crippen LogP contribution in [0.4, 0.5) is 13.2 Å². The number of hydrogen-bond acceptors (Lipinski definition) is 2. The molecule has 0 aromatic carbocycles. The Balaban J connectivity index is 4.25. The van der Waals surface area contributed by atoms with Crippen LogP contribution < -0.4 is 0 Å². The summed E-state index contributed by atoms with van der Waals surface area (Å²) in [6.45, 7) is 1.58. The van der Waals surface area contributed by atoms with Crippen molar-refractivity contribution in [3.05, 3.63) is 0 Å². The zero-order valence-corrected chi connectivity index (χ0v) is 9.74. The Labute approximate surface area is 90.1 Å². The number of carbonyl (C=O) groups is 1. The minimum Gasteiger partial charge on any atom is -0.465 e. The molecule has 0 rings (SSSR count). The second kappa shape index (κ2) is 5.19. The first-order chi connectivity index (χ1) is 5.80. The third-order valence-electron chi connectivity index (χ3n) is 1.08. The fourth-order valence-corrected chi connectivity index (χ4v) is 1.15. The predicted octanol–water partition coefficient (Wildman–Crippen LogP) is 2.64. The molecule has 0 bridgehead atoms. The van der Waals surface area contributed by atoms with Crippen LogP contribution >= 0.6 is 31.9 Å². The van der Waals surface area contributed by atoms with Gasteiger partial charge in [-0.05, 0) is 6.92 Å². The van der Waals surface area contributed by atoms with Gasteiger partial charge < -0.3 is 4.74 Å². The standard InChI is InChI=1S/C6H7Br2F3O2/c1-2-13-5(12)3(7)4(8)6(9,10)11/h3-4H,2H2,1H3/t3-,4+/m1/s1. The van der Waals surface area contributed by atoms with Gasteiger partial charge in [0.1, 0.15) is 9.65 Å². The summed E-state index contributed by atoms with van der Waals surface area (Å²) in [5.74, 6) is -0.929. The van der Waals surface area contributed by atoms with Gasteiger partial charge in [-0.15, -0.1) is 0 Å². The Morgan fingerprint density at radius 1 is 1.46 bits per heavy atom. The highest BCUT2D eigenvalue weighted by molar-refractivity contribution is 9.12. The van der Waals surface area contributed by atoms with Crippen LogP contribution in [0, 0.1) is 0 Å². The molecule has 0 amide bonds. The van der Waals surface area contributed by atoms with Gasteiger partial charge in [-0.3, -0.25) is 4.79 Å². The molecule has 7 heteroatoms. The van der Waals surface area contributed by atoms with E-state index in [1.54, 1.807) is 0 Å². The zero-order valence-electron chi connectivity index (χ0n) is 6.57. The third-order valence-corrected chi connectivity index (χ3v) is 3.74. The molecule has 2 atom stereocenters. The van der Waals surface area contributed by atoms with Crippen molar-refractivity contribution in [2.75, 3.05) is 6.61 Å². The molecule has 0 aromatic rings. The summed E-state index contributed by atoms with van der Waals surface area (Å²) in [4.78, 5) is 7.49. The summed E-state index contributed by atoms with van der Waals surface area (Å²) in [7, 11) is 0. The maximum Gasteiger partial charge on any atom is 0.402 e. The number of halogens is 5. The molecule has 0 heterocycles. The van der Waals surface area contributed by atoms with Gasteiger partial charge in [0, 0.05) is 0 Å². The largest absolute Gasteiger partial charge is 0.465 e. The average molecular weight is 328 g/mol. The van der Waals surface area contributed by atoms with Crippen molar-refractivity contribution in [3.63, 3.8) is 0 Å². The highest BCUT2D eigenvalue weighted by Gasteiger charge is 2.45. The van der Waals surface area contributed by atoms with E-state index in [4.69, 9.17) is 0 Å². The molecule has 13 heavy (non-hydrogen) atoms. The first kappa shape index (κ1) is 13.2. The Morgan fingerprint density at radius 3 is 2.23 bits per heavy atom. The van der Waals surface area contributed by atoms with Gasteiger partial charge in [0.15, 0.2) is 0 Å². The molecular weight excluding hydrogens is 321 g/mol. The van der Waals surface area contributed by atoms with Crippen molar-refractivity contribution in [3.8, 4) is 0 Å². The van der Waals surface area contributed by atoms with E-state index in [2.05, 4.69) is 36.6 Å². The molecule has 2 nitrogen and oxygen atoms in total. The minimum atomic E-state index is -4.47. The highest BCUT2D eigenvalue weighted by Crippen LogP contribution is 2.32. The Bertz CT molecular complexity index is 183. The van der Waals surface area contributed by atoms with Crippen LogP contribution in [0.1, 0.15) is 6.92 Å². The first-order valence-electron chi connectivity index (χ1n) is 3.32. The fourth-order valence-electron chi connectivity index (χ4n) is 0.507. The fraction of sp³-hybridized carbons (Fsp3) is 0.833. The maximum absolute atomic E-state index is 12.0. The van der Waals surface area contributed by atoms with Gasteiger partial charge in [0.25, 0.3) is 0 Å². The van der Waals surface area contributed by atoms with Gasteiger partial charge >= 0.3 is 12.1 Å². The van der Waals surface area contributed by atoms with Crippen LogP contribution in [0.25, 0.3) is 0 Å². The van der Waals surface area contributed by atoms with Gasteiger partial charge in [-0.1, -0.05) is 31.9 Å². The van der Waals surface area contributed by atoms with E-state index in [1.807, 2.05) is 0 Å². The molecule has 0 aromatic heterocycles. The predicted molar refractivity (Wildman–Crippen MR) is 48.1 cm³/mol. The van der Waals surface area contributed by atoms with E-state index >= 15 is 0 Å². The lowest BCUT2D eigenvalue weighted by atomic mass is 10.3. The average Bonchev–Trinajstić information content (AvgIpc) is 2.00. The molecule has 0 aliphatic heterocycles. The van der Waals surface area contributed by atoms with Crippen LogP contribution in [-0.2, 0) is 9.53 Å². The molecule has 0 fully saturated rings. The second-order valence-corrected chi connectivity index (χ2v) is 4.07. The smallest absolute Gasteiger partial charge is 0.402 e. The summed E-state index contributed by atoms with van der Waals surface area (Å²) >= 11 is 4.97. The molecule has 0 saturated carbocycles. The summed E-state index contributed by atoms with van der Waals surface area (Å²) in [5.41, 5.74) is 0. The Morgan fingerprint density at radius 2 is 1.92 bits per heavy atom. The lowest BCUT2D eigenvalue weighted by Gasteiger charge is -2.17. The topological polar surface area (TPSA) is 26.3 Å². The van der Waals surface area contributed by atoms with Crippen molar-refractivity contribution < 1.29 is 22.7 Å². The monoisotopic (exact) mass is 326 g/mol. The molecule has 0 aliphatic carbocycles. The number of esters is 1. The maximum atomic E-state index is 12.0. The van der Waals surface area contributed by atoms with E-state index in [9.17, 15) is 18.0 Å². The highest BCUT2D eigenvalue weighted by atomic mass is 79.9. The summed E-state index contributed by atoms with van der Waals surface area (Å²) in [5, 5.41) is 0. The van der Waals surface area contributed by atoms with Crippen molar-refractivity contribution in [2.45, 2.75) is 22.8 Å². The van der Waals surface area contributed by atoms with E-state index < -0.39 is 21.8 Å². The zero-order chi connectivity index (χ0) is 10.6. The van der Waals surface area contributed by atoms with Crippen molar-refractivity contribution in [1.82, 2.24) is 0 Å². The van der Waals surface area contributed by atoms with Crippen LogP contribution in [-0.4, -0.2) is 28.4 Å². The van der Waals surface area contributed by atoms with Crippen LogP contribution in [0.2, 0.25) is 0 Å². The molecule has 0 unspecified atom stereocenters. The van der Waals surface area contributed by atoms with E-state index in [-0.39, 0.29) is 6.61 Å². The molecule has 0 saturated heterocycles. The molecule has 78 valence electrons. The van der Waals surface area contributed by atoms with Gasteiger partial charge in [-0.2, -0.15) is 13.2 Å². The van der Waals surface area contributed by atoms with Crippen molar-refractivity contribution in [2.24, 2.45) is 0 Å².